The van der Waals surface area contributed by atoms with Crippen LogP contribution in [0.4, 0.5) is 0 Å². The van der Waals surface area contributed by atoms with Crippen molar-refractivity contribution < 1.29 is 20.3 Å². The van der Waals surface area contributed by atoms with E-state index in [0.29, 0.717) is 0 Å². The van der Waals surface area contributed by atoms with Gasteiger partial charge in [-0.05, 0) is 13.8 Å². The summed E-state index contributed by atoms with van der Waals surface area (Å²) in [5, 5.41) is 15.6. The Labute approximate surface area is 76.7 Å². The molecule has 2 N–H and O–H groups in total. The summed E-state index contributed by atoms with van der Waals surface area (Å²) in [6.45, 7) is 2.71. The Morgan fingerprint density at radius 2 is 1.33 bits per heavy atom. The maximum atomic E-state index is 7.81. The van der Waals surface area contributed by atoms with Crippen LogP contribution in [0.25, 0.3) is 0 Å². The molecule has 0 radical (unpaired) electrons. The van der Waals surface area contributed by atoms with Gasteiger partial charge in [0, 0.05) is 37.2 Å². The Morgan fingerprint density at radius 3 is 1.33 bits per heavy atom. The molecule has 6 heteroatoms. The number of hydrogen-bond donors (Lipinski definition) is 2. The predicted molar refractivity (Wildman–Crippen MR) is 49.5 cm³/mol. The Hall–Kier alpha value is 1.30. The van der Waals surface area contributed by atoms with E-state index in [0.717, 1.165) is 0 Å². The van der Waals surface area contributed by atoms with Crippen LogP contribution in [0.2, 0.25) is 0 Å². The molecule has 9 heavy (non-hydrogen) atoms. The summed E-state index contributed by atoms with van der Waals surface area (Å²) in [7, 11) is 0. The molecule has 0 aliphatic carbocycles. The zero-order valence-corrected chi connectivity index (χ0v) is 9.28. The first-order valence-electron chi connectivity index (χ1n) is 1.92. The van der Waals surface area contributed by atoms with Gasteiger partial charge in [-0.25, -0.2) is 20.3 Å². The van der Waals surface area contributed by atoms with Gasteiger partial charge in [-0.1, -0.05) is 0 Å². The molecular formula is C3H8I2O4. The van der Waals surface area contributed by atoms with E-state index in [1.165, 1.54) is 13.8 Å². The molecule has 0 aliphatic rings. The monoisotopic (exact) mass is 362 g/mol. The zero-order valence-electron chi connectivity index (χ0n) is 4.97. The molecule has 0 aromatic rings. The highest BCUT2D eigenvalue weighted by atomic mass is 128. The fourth-order valence-corrected chi connectivity index (χ4v) is 0.0167. The van der Waals surface area contributed by atoms with E-state index in [1.54, 1.807) is 0 Å². The normalized spacial score (nSPS) is 10.0. The van der Waals surface area contributed by atoms with E-state index in [4.69, 9.17) is 10.5 Å². The van der Waals surface area contributed by atoms with Gasteiger partial charge >= 0.3 is 0 Å². The van der Waals surface area contributed by atoms with Crippen molar-refractivity contribution in [2.45, 2.75) is 19.6 Å². The quantitative estimate of drug-likeness (QED) is 0.343. The average Bonchev–Trinajstić information content (AvgIpc) is 1.93. The second kappa shape index (κ2) is 7.41. The fourth-order valence-electron chi connectivity index (χ4n) is 0.0167. The standard InChI is InChI=1S/C3H8O4.I2/c1-3(2,6-4)7-5;1-2/h4-5H,1-2H3;. The van der Waals surface area contributed by atoms with Gasteiger partial charge in [0.1, 0.15) is 0 Å². The van der Waals surface area contributed by atoms with Crippen LogP contribution in [-0.4, -0.2) is 16.3 Å². The van der Waals surface area contributed by atoms with Gasteiger partial charge in [0.15, 0.2) is 0 Å². The van der Waals surface area contributed by atoms with Crippen molar-refractivity contribution in [2.75, 3.05) is 0 Å². The summed E-state index contributed by atoms with van der Waals surface area (Å²) in [5.74, 6) is -1.31. The molecule has 0 aliphatic heterocycles. The summed E-state index contributed by atoms with van der Waals surface area (Å²) >= 11 is 4.24. The van der Waals surface area contributed by atoms with E-state index < -0.39 is 5.79 Å². The minimum absolute atomic E-state index is 1.31. The Morgan fingerprint density at radius 1 is 1.11 bits per heavy atom. The summed E-state index contributed by atoms with van der Waals surface area (Å²) in [6, 6.07) is 0. The molecule has 0 unspecified atom stereocenters. The highest BCUT2D eigenvalue weighted by Crippen LogP contribution is 2.04. The van der Waals surface area contributed by atoms with Crippen LogP contribution in [0, 0.1) is 0 Å². The van der Waals surface area contributed by atoms with Gasteiger partial charge in [-0.15, -0.1) is 0 Å². The summed E-state index contributed by atoms with van der Waals surface area (Å²) in [4.78, 5) is 7.23. The van der Waals surface area contributed by atoms with Gasteiger partial charge in [-0.2, -0.15) is 0 Å². The maximum absolute atomic E-state index is 7.81. The Balaban J connectivity index is 0. The van der Waals surface area contributed by atoms with E-state index in [-0.39, 0.29) is 0 Å². The van der Waals surface area contributed by atoms with Crippen molar-refractivity contribution in [1.29, 1.82) is 0 Å². The first kappa shape index (κ1) is 12.9. The molecular weight excluding hydrogens is 354 g/mol. The Kier molecular flexibility index (Phi) is 10.6. The molecule has 0 heterocycles. The van der Waals surface area contributed by atoms with Gasteiger partial charge in [0.25, 0.3) is 0 Å². The minimum atomic E-state index is -1.31. The summed E-state index contributed by atoms with van der Waals surface area (Å²) in [6.07, 6.45) is 0. The lowest BCUT2D eigenvalue weighted by molar-refractivity contribution is -0.474. The maximum Gasteiger partial charge on any atom is 0.227 e. The molecule has 0 aromatic heterocycles. The second-order valence-electron chi connectivity index (χ2n) is 1.58. The summed E-state index contributed by atoms with van der Waals surface area (Å²) < 4.78 is 0. The first-order chi connectivity index (χ1) is 4.12. The van der Waals surface area contributed by atoms with Gasteiger partial charge < -0.3 is 0 Å². The number of rotatable bonds is 2. The lowest BCUT2D eigenvalue weighted by Gasteiger charge is -2.13. The van der Waals surface area contributed by atoms with E-state index >= 15 is 0 Å². The van der Waals surface area contributed by atoms with Crippen LogP contribution in [0.15, 0.2) is 0 Å². The molecule has 0 amide bonds. The number of halogens is 2. The highest BCUT2D eigenvalue weighted by Gasteiger charge is 2.17. The van der Waals surface area contributed by atoms with Crippen LogP contribution in [-0.2, 0) is 9.78 Å². The largest absolute Gasteiger partial charge is 0.249 e. The Bertz CT molecular complexity index is 51.8. The van der Waals surface area contributed by atoms with Crippen LogP contribution >= 0.6 is 37.2 Å². The van der Waals surface area contributed by atoms with E-state index in [1.807, 2.05) is 0 Å². The minimum Gasteiger partial charge on any atom is -0.249 e. The van der Waals surface area contributed by atoms with Gasteiger partial charge in [0.2, 0.25) is 5.79 Å². The van der Waals surface area contributed by atoms with Gasteiger partial charge in [0.05, 0.1) is 0 Å². The van der Waals surface area contributed by atoms with Crippen molar-refractivity contribution in [1.82, 2.24) is 0 Å². The van der Waals surface area contributed by atoms with Crippen molar-refractivity contribution in [2.24, 2.45) is 0 Å². The third-order valence-electron chi connectivity index (χ3n) is 0.440. The third-order valence-corrected chi connectivity index (χ3v) is 0.440. The molecule has 0 bridgehead atoms. The molecule has 58 valence electrons. The zero-order chi connectivity index (χ0) is 7.91. The predicted octanol–water partition coefficient (Wildman–Crippen LogP) is 2.47. The lowest BCUT2D eigenvalue weighted by Crippen LogP contribution is -2.24. The van der Waals surface area contributed by atoms with Gasteiger partial charge in [-0.3, -0.25) is 0 Å². The van der Waals surface area contributed by atoms with E-state index in [9.17, 15) is 0 Å². The van der Waals surface area contributed by atoms with Crippen molar-refractivity contribution >= 4 is 37.2 Å². The smallest absolute Gasteiger partial charge is 0.227 e. The highest BCUT2D eigenvalue weighted by molar-refractivity contribution is 15.0. The molecule has 0 fully saturated rings. The fraction of sp³-hybridized carbons (Fsp3) is 1.00. The molecule has 0 atom stereocenters. The SMILES string of the molecule is CC(C)(OO)OO.II. The van der Waals surface area contributed by atoms with Crippen LogP contribution in [0.1, 0.15) is 13.8 Å². The van der Waals surface area contributed by atoms with Crippen LogP contribution in [0.3, 0.4) is 0 Å². The number of hydrogen-bond acceptors (Lipinski definition) is 4. The topological polar surface area (TPSA) is 58.9 Å². The molecule has 0 rings (SSSR count). The van der Waals surface area contributed by atoms with E-state index in [2.05, 4.69) is 47.0 Å². The molecule has 4 nitrogen and oxygen atoms in total. The molecule has 0 aromatic carbocycles. The van der Waals surface area contributed by atoms with Crippen LogP contribution in [0.5, 0.6) is 0 Å². The van der Waals surface area contributed by atoms with Crippen molar-refractivity contribution in [3.05, 3.63) is 0 Å². The van der Waals surface area contributed by atoms with Crippen molar-refractivity contribution in [3.8, 4) is 0 Å². The van der Waals surface area contributed by atoms with Crippen molar-refractivity contribution in [3.63, 3.8) is 0 Å². The molecule has 0 spiro atoms. The van der Waals surface area contributed by atoms with Crippen LogP contribution < -0.4 is 0 Å². The molecule has 0 saturated heterocycles. The second-order valence-corrected chi connectivity index (χ2v) is 1.58. The first-order valence-corrected chi connectivity index (χ1v) is 8.20. The third kappa shape index (κ3) is 9.30. The molecule has 0 saturated carbocycles. The average molecular weight is 362 g/mol. The lowest BCUT2D eigenvalue weighted by atomic mass is 10.4. The summed E-state index contributed by atoms with van der Waals surface area (Å²) in [5.41, 5.74) is 0.